The fourth-order valence-corrected chi connectivity index (χ4v) is 1.90. The van der Waals surface area contributed by atoms with E-state index in [1.807, 2.05) is 4.90 Å². The number of carboxylic acids is 1. The van der Waals surface area contributed by atoms with Crippen molar-refractivity contribution >= 4 is 11.8 Å². The third kappa shape index (κ3) is 2.40. The molecule has 1 aliphatic rings. The van der Waals surface area contributed by atoms with Gasteiger partial charge in [-0.2, -0.15) is 5.26 Å². The highest BCUT2D eigenvalue weighted by Gasteiger charge is 2.34. The van der Waals surface area contributed by atoms with Crippen molar-refractivity contribution in [3.63, 3.8) is 0 Å². The van der Waals surface area contributed by atoms with Gasteiger partial charge in [0.1, 0.15) is 11.9 Å². The summed E-state index contributed by atoms with van der Waals surface area (Å²) in [5.41, 5.74) is -1.62. The number of aromatic carboxylic acids is 1. The molecule has 0 aliphatic carbocycles. The average Bonchev–Trinajstić information content (AvgIpc) is 2.40. The number of piperidine rings is 1. The predicted molar refractivity (Wildman–Crippen MR) is 62.1 cm³/mol. The van der Waals surface area contributed by atoms with E-state index in [1.54, 1.807) is 12.1 Å². The van der Waals surface area contributed by atoms with Gasteiger partial charge in [-0.1, -0.05) is 0 Å². The fraction of sp³-hybridized carbons (Fsp3) is 0.417. The molecule has 94 valence electrons. The Bertz CT molecular complexity index is 487. The van der Waals surface area contributed by atoms with E-state index in [1.165, 1.54) is 12.3 Å². The van der Waals surface area contributed by atoms with Crippen LogP contribution in [0.25, 0.3) is 0 Å². The smallest absolute Gasteiger partial charge is 0.337 e. The Labute approximate surface area is 103 Å². The van der Waals surface area contributed by atoms with Crippen molar-refractivity contribution in [1.82, 2.24) is 4.98 Å². The second-order valence-corrected chi connectivity index (χ2v) is 4.27. The topological polar surface area (TPSA) is 77.2 Å². The van der Waals surface area contributed by atoms with E-state index in [4.69, 9.17) is 10.4 Å². The second kappa shape index (κ2) is 4.61. The number of anilines is 1. The third-order valence-corrected chi connectivity index (χ3v) is 3.08. The first-order chi connectivity index (χ1) is 8.54. The van der Waals surface area contributed by atoms with Gasteiger partial charge in [-0.25, -0.2) is 14.2 Å². The van der Waals surface area contributed by atoms with Crippen LogP contribution in [-0.2, 0) is 0 Å². The molecule has 1 fully saturated rings. The highest BCUT2D eigenvalue weighted by Crippen LogP contribution is 2.27. The Kier molecular flexibility index (Phi) is 3.15. The van der Waals surface area contributed by atoms with E-state index in [0.717, 1.165) is 0 Å². The number of carboxylic acid groups (broad SMARTS) is 1. The number of nitrogens with zero attached hydrogens (tertiary/aromatic N) is 3. The quantitative estimate of drug-likeness (QED) is 0.861. The molecular weight excluding hydrogens is 237 g/mol. The molecule has 1 aromatic rings. The predicted octanol–water partition coefficient (Wildman–Crippen LogP) is 1.61. The lowest BCUT2D eigenvalue weighted by molar-refractivity contribution is 0.0696. The number of nitriles is 1. The summed E-state index contributed by atoms with van der Waals surface area (Å²) in [6.45, 7) is 0.812. The lowest BCUT2D eigenvalue weighted by atomic mass is 9.95. The Morgan fingerprint density at radius 1 is 1.50 bits per heavy atom. The highest BCUT2D eigenvalue weighted by molar-refractivity contribution is 5.87. The van der Waals surface area contributed by atoms with E-state index in [2.05, 4.69) is 4.98 Å². The van der Waals surface area contributed by atoms with Crippen molar-refractivity contribution in [3.05, 3.63) is 23.9 Å². The zero-order chi connectivity index (χ0) is 13.2. The van der Waals surface area contributed by atoms with Crippen LogP contribution in [-0.4, -0.2) is 34.8 Å². The van der Waals surface area contributed by atoms with Crippen molar-refractivity contribution in [2.24, 2.45) is 0 Å². The van der Waals surface area contributed by atoms with Gasteiger partial charge in [0.15, 0.2) is 5.67 Å². The van der Waals surface area contributed by atoms with Crippen molar-refractivity contribution in [3.8, 4) is 6.07 Å². The standard InChI is InChI=1S/C12H12FN3O2/c13-12(8-14)3-5-16(6-4-12)10-2-1-9(7-15-10)11(17)18/h1-2,7H,3-6H2,(H,17,18). The maximum atomic E-state index is 13.7. The van der Waals surface area contributed by atoms with Gasteiger partial charge >= 0.3 is 5.97 Å². The van der Waals surface area contributed by atoms with E-state index in [9.17, 15) is 9.18 Å². The number of rotatable bonds is 2. The lowest BCUT2D eigenvalue weighted by Gasteiger charge is -2.33. The summed E-state index contributed by atoms with van der Waals surface area (Å²) in [6.07, 6.45) is 1.57. The molecule has 0 spiro atoms. The van der Waals surface area contributed by atoms with Gasteiger partial charge in [-0.15, -0.1) is 0 Å². The normalized spacial score (nSPS) is 18.1. The number of alkyl halides is 1. The zero-order valence-corrected chi connectivity index (χ0v) is 9.64. The Hall–Kier alpha value is -2.16. The molecule has 5 nitrogen and oxygen atoms in total. The average molecular weight is 249 g/mol. The summed E-state index contributed by atoms with van der Waals surface area (Å²) in [7, 11) is 0. The number of hydrogen-bond acceptors (Lipinski definition) is 4. The van der Waals surface area contributed by atoms with Gasteiger partial charge in [0.25, 0.3) is 0 Å². The summed E-state index contributed by atoms with van der Waals surface area (Å²) < 4.78 is 13.7. The fourth-order valence-electron chi connectivity index (χ4n) is 1.90. The largest absolute Gasteiger partial charge is 0.478 e. The molecule has 1 aliphatic heterocycles. The van der Waals surface area contributed by atoms with E-state index in [0.29, 0.717) is 18.9 Å². The maximum Gasteiger partial charge on any atom is 0.337 e. The van der Waals surface area contributed by atoms with Crippen molar-refractivity contribution < 1.29 is 14.3 Å². The van der Waals surface area contributed by atoms with Crippen molar-refractivity contribution in [2.45, 2.75) is 18.5 Å². The SMILES string of the molecule is N#CC1(F)CCN(c2ccc(C(=O)O)cn2)CC1. The molecule has 0 saturated carbocycles. The van der Waals surface area contributed by atoms with E-state index < -0.39 is 11.6 Å². The van der Waals surface area contributed by atoms with Gasteiger partial charge in [0, 0.05) is 32.1 Å². The molecule has 1 N–H and O–H groups in total. The second-order valence-electron chi connectivity index (χ2n) is 4.27. The van der Waals surface area contributed by atoms with Crippen LogP contribution in [0, 0.1) is 11.3 Å². The minimum Gasteiger partial charge on any atom is -0.478 e. The van der Waals surface area contributed by atoms with Crippen LogP contribution in [0.5, 0.6) is 0 Å². The first-order valence-corrected chi connectivity index (χ1v) is 5.58. The summed E-state index contributed by atoms with van der Waals surface area (Å²) in [4.78, 5) is 16.6. The molecular formula is C12H12FN3O2. The highest BCUT2D eigenvalue weighted by atomic mass is 19.1. The van der Waals surface area contributed by atoms with Gasteiger partial charge < -0.3 is 10.0 Å². The molecule has 2 heterocycles. The molecule has 6 heteroatoms. The minimum absolute atomic E-state index is 0.118. The Morgan fingerprint density at radius 3 is 2.61 bits per heavy atom. The first-order valence-electron chi connectivity index (χ1n) is 5.58. The maximum absolute atomic E-state index is 13.7. The van der Waals surface area contributed by atoms with Gasteiger partial charge in [0.05, 0.1) is 5.56 Å². The number of aromatic nitrogens is 1. The molecule has 18 heavy (non-hydrogen) atoms. The van der Waals surface area contributed by atoms with Crippen LogP contribution < -0.4 is 4.90 Å². The molecule has 0 amide bonds. The molecule has 0 aromatic carbocycles. The molecule has 1 aromatic heterocycles. The van der Waals surface area contributed by atoms with Crippen LogP contribution in [0.15, 0.2) is 18.3 Å². The van der Waals surface area contributed by atoms with Crippen LogP contribution in [0.4, 0.5) is 10.2 Å². The molecule has 0 atom stereocenters. The number of carbonyl (C=O) groups is 1. The molecule has 0 radical (unpaired) electrons. The monoisotopic (exact) mass is 249 g/mol. The summed E-state index contributed by atoms with van der Waals surface area (Å²) in [5, 5.41) is 17.4. The number of hydrogen-bond donors (Lipinski definition) is 1. The summed E-state index contributed by atoms with van der Waals surface area (Å²) in [5.74, 6) is -0.417. The van der Waals surface area contributed by atoms with Gasteiger partial charge in [-0.05, 0) is 12.1 Å². The first kappa shape index (κ1) is 12.3. The van der Waals surface area contributed by atoms with Crippen molar-refractivity contribution in [1.29, 1.82) is 5.26 Å². The molecule has 0 bridgehead atoms. The molecule has 2 rings (SSSR count). The Morgan fingerprint density at radius 2 is 2.17 bits per heavy atom. The van der Waals surface area contributed by atoms with Crippen LogP contribution in [0.2, 0.25) is 0 Å². The third-order valence-electron chi connectivity index (χ3n) is 3.08. The van der Waals surface area contributed by atoms with Crippen molar-refractivity contribution in [2.75, 3.05) is 18.0 Å². The molecule has 1 saturated heterocycles. The molecule has 0 unspecified atom stereocenters. The summed E-state index contributed by atoms with van der Waals surface area (Å²) >= 11 is 0. The number of pyridine rings is 1. The zero-order valence-electron chi connectivity index (χ0n) is 9.64. The van der Waals surface area contributed by atoms with Crippen LogP contribution in [0.1, 0.15) is 23.2 Å². The van der Waals surface area contributed by atoms with E-state index in [-0.39, 0.29) is 18.4 Å². The lowest BCUT2D eigenvalue weighted by Crippen LogP contribution is -2.41. The van der Waals surface area contributed by atoms with Crippen LogP contribution in [0.3, 0.4) is 0 Å². The van der Waals surface area contributed by atoms with Gasteiger partial charge in [0.2, 0.25) is 0 Å². The van der Waals surface area contributed by atoms with Crippen LogP contribution >= 0.6 is 0 Å². The Balaban J connectivity index is 2.06. The minimum atomic E-state index is -1.74. The number of halogens is 1. The van der Waals surface area contributed by atoms with E-state index >= 15 is 0 Å². The summed E-state index contributed by atoms with van der Waals surface area (Å²) in [6, 6.07) is 4.75. The van der Waals surface area contributed by atoms with Gasteiger partial charge in [-0.3, -0.25) is 0 Å².